The van der Waals surface area contributed by atoms with Gasteiger partial charge >= 0.3 is 0 Å². The van der Waals surface area contributed by atoms with Crippen molar-refractivity contribution < 1.29 is 17.6 Å². The predicted molar refractivity (Wildman–Crippen MR) is 96.0 cm³/mol. The van der Waals surface area contributed by atoms with E-state index in [0.29, 0.717) is 18.7 Å². The number of benzene rings is 1. The van der Waals surface area contributed by atoms with Crippen LogP contribution in [0.1, 0.15) is 17.7 Å². The van der Waals surface area contributed by atoms with Crippen LogP contribution in [0.3, 0.4) is 0 Å². The van der Waals surface area contributed by atoms with E-state index in [-0.39, 0.29) is 30.0 Å². The highest BCUT2D eigenvalue weighted by Crippen LogP contribution is 2.20. The van der Waals surface area contributed by atoms with Gasteiger partial charge in [0.25, 0.3) is 0 Å². The Morgan fingerprint density at radius 3 is 2.64 bits per heavy atom. The highest BCUT2D eigenvalue weighted by Gasteiger charge is 2.33. The fraction of sp³-hybridized carbons (Fsp3) is 0.389. The Kier molecular flexibility index (Phi) is 5.24. The molecule has 1 aliphatic rings. The van der Waals surface area contributed by atoms with E-state index >= 15 is 0 Å². The Labute approximate surface area is 147 Å². The van der Waals surface area contributed by atoms with E-state index < -0.39 is 9.84 Å². The van der Waals surface area contributed by atoms with Crippen LogP contribution < -0.4 is 5.32 Å². The van der Waals surface area contributed by atoms with Crippen LogP contribution in [0, 0.1) is 6.92 Å². The number of sulfone groups is 1. The Balaban J connectivity index is 1.68. The number of aryl methyl sites for hydroxylation is 1. The van der Waals surface area contributed by atoms with Gasteiger partial charge in [-0.1, -0.05) is 17.7 Å². The lowest BCUT2D eigenvalue weighted by atomic mass is 10.2. The average molecular weight is 362 g/mol. The Morgan fingerprint density at radius 2 is 2.04 bits per heavy atom. The number of carbonyl (C=O) groups excluding carboxylic acids is 1. The zero-order valence-electron chi connectivity index (χ0n) is 14.1. The fourth-order valence-corrected chi connectivity index (χ4v) is 4.76. The zero-order chi connectivity index (χ0) is 17.9. The summed E-state index contributed by atoms with van der Waals surface area (Å²) in [6.07, 6.45) is 2.12. The number of amides is 1. The predicted octanol–water partition coefficient (Wildman–Crippen LogP) is 2.22. The molecule has 134 valence electrons. The van der Waals surface area contributed by atoms with Crippen LogP contribution in [-0.4, -0.2) is 43.3 Å². The molecule has 0 radical (unpaired) electrons. The molecule has 6 nitrogen and oxygen atoms in total. The van der Waals surface area contributed by atoms with Gasteiger partial charge in [-0.3, -0.25) is 9.69 Å². The molecule has 2 heterocycles. The fourth-order valence-electron chi connectivity index (χ4n) is 3.00. The second-order valence-electron chi connectivity index (χ2n) is 6.46. The molecular weight excluding hydrogens is 340 g/mol. The van der Waals surface area contributed by atoms with Crippen molar-refractivity contribution >= 4 is 21.4 Å². The third-order valence-electron chi connectivity index (χ3n) is 4.35. The minimum absolute atomic E-state index is 0.0888. The van der Waals surface area contributed by atoms with Gasteiger partial charge in [0.15, 0.2) is 9.84 Å². The minimum Gasteiger partial charge on any atom is -0.468 e. The van der Waals surface area contributed by atoms with Gasteiger partial charge in [-0.15, -0.1) is 0 Å². The highest BCUT2D eigenvalue weighted by molar-refractivity contribution is 7.91. The highest BCUT2D eigenvalue weighted by atomic mass is 32.2. The number of anilines is 1. The van der Waals surface area contributed by atoms with Crippen molar-refractivity contribution in [1.29, 1.82) is 0 Å². The van der Waals surface area contributed by atoms with Crippen LogP contribution >= 0.6 is 0 Å². The van der Waals surface area contributed by atoms with Gasteiger partial charge in [0.1, 0.15) is 5.76 Å². The number of furan rings is 1. The molecule has 3 rings (SSSR count). The normalized spacial score (nSPS) is 19.2. The molecule has 1 aromatic heterocycles. The summed E-state index contributed by atoms with van der Waals surface area (Å²) in [6, 6.07) is 11.0. The topological polar surface area (TPSA) is 79.6 Å². The van der Waals surface area contributed by atoms with Crippen molar-refractivity contribution in [3.63, 3.8) is 0 Å². The SMILES string of the molecule is Cc1ccc(NC(=O)CN(Cc2ccco2)C2CCS(=O)(=O)C2)cc1. The van der Waals surface area contributed by atoms with Crippen LogP contribution in [0.5, 0.6) is 0 Å². The van der Waals surface area contributed by atoms with Gasteiger partial charge in [-0.2, -0.15) is 0 Å². The lowest BCUT2D eigenvalue weighted by Gasteiger charge is -2.26. The largest absolute Gasteiger partial charge is 0.468 e. The van der Waals surface area contributed by atoms with Gasteiger partial charge in [0.05, 0.1) is 30.9 Å². The standard InChI is InChI=1S/C18H22N2O4S/c1-14-4-6-15(7-5-14)19-18(21)12-20(11-17-3-2-9-24-17)16-8-10-25(22,23)13-16/h2-7,9,16H,8,10-13H2,1H3,(H,19,21). The minimum atomic E-state index is -3.02. The number of rotatable bonds is 6. The van der Waals surface area contributed by atoms with Gasteiger partial charge in [-0.25, -0.2) is 8.42 Å². The van der Waals surface area contributed by atoms with E-state index in [0.717, 1.165) is 11.3 Å². The summed E-state index contributed by atoms with van der Waals surface area (Å²) in [4.78, 5) is 14.3. The first-order valence-corrected chi connectivity index (χ1v) is 10.1. The van der Waals surface area contributed by atoms with Crippen molar-refractivity contribution in [2.75, 3.05) is 23.4 Å². The van der Waals surface area contributed by atoms with Crippen LogP contribution in [-0.2, 0) is 21.2 Å². The molecule has 25 heavy (non-hydrogen) atoms. The molecule has 0 aliphatic carbocycles. The van der Waals surface area contributed by atoms with Crippen LogP contribution in [0.4, 0.5) is 5.69 Å². The number of nitrogens with one attached hydrogen (secondary N) is 1. The molecule has 0 bridgehead atoms. The number of hydrogen-bond acceptors (Lipinski definition) is 5. The quantitative estimate of drug-likeness (QED) is 0.852. The van der Waals surface area contributed by atoms with Crippen molar-refractivity contribution in [3.8, 4) is 0 Å². The van der Waals surface area contributed by atoms with Crippen LogP contribution in [0.2, 0.25) is 0 Å². The van der Waals surface area contributed by atoms with Crippen molar-refractivity contribution in [2.24, 2.45) is 0 Å². The third kappa shape index (κ3) is 4.93. The first-order valence-electron chi connectivity index (χ1n) is 8.25. The number of nitrogens with zero attached hydrogens (tertiary/aromatic N) is 1. The second-order valence-corrected chi connectivity index (χ2v) is 8.68. The molecule has 1 saturated heterocycles. The van der Waals surface area contributed by atoms with Gasteiger partial charge in [-0.05, 0) is 37.6 Å². The Hall–Kier alpha value is -2.12. The average Bonchev–Trinajstić information content (AvgIpc) is 3.18. The maximum absolute atomic E-state index is 12.4. The molecule has 1 atom stereocenters. The Bertz CT molecular complexity index is 813. The Morgan fingerprint density at radius 1 is 1.28 bits per heavy atom. The maximum atomic E-state index is 12.4. The third-order valence-corrected chi connectivity index (χ3v) is 6.10. The summed E-state index contributed by atoms with van der Waals surface area (Å²) < 4.78 is 29.0. The van der Waals surface area contributed by atoms with Gasteiger partial charge in [0.2, 0.25) is 5.91 Å². The molecule has 1 unspecified atom stereocenters. The summed E-state index contributed by atoms with van der Waals surface area (Å²) in [5.74, 6) is 0.810. The summed E-state index contributed by atoms with van der Waals surface area (Å²) >= 11 is 0. The monoisotopic (exact) mass is 362 g/mol. The van der Waals surface area contributed by atoms with Crippen molar-refractivity contribution in [2.45, 2.75) is 25.9 Å². The van der Waals surface area contributed by atoms with Gasteiger partial charge in [0, 0.05) is 11.7 Å². The number of carbonyl (C=O) groups is 1. The molecule has 7 heteroatoms. The molecule has 1 aliphatic heterocycles. The lowest BCUT2D eigenvalue weighted by molar-refractivity contribution is -0.118. The molecule has 0 saturated carbocycles. The molecule has 1 aromatic carbocycles. The smallest absolute Gasteiger partial charge is 0.238 e. The van der Waals surface area contributed by atoms with E-state index in [1.807, 2.05) is 42.2 Å². The van der Waals surface area contributed by atoms with Crippen molar-refractivity contribution in [3.05, 3.63) is 54.0 Å². The summed E-state index contributed by atoms with van der Waals surface area (Å²) in [5.41, 5.74) is 1.85. The van der Waals surface area contributed by atoms with E-state index in [2.05, 4.69) is 5.32 Å². The molecule has 1 N–H and O–H groups in total. The molecule has 1 fully saturated rings. The van der Waals surface area contributed by atoms with Crippen LogP contribution in [0.25, 0.3) is 0 Å². The summed E-state index contributed by atoms with van der Waals surface area (Å²) in [7, 11) is -3.02. The summed E-state index contributed by atoms with van der Waals surface area (Å²) in [5, 5.41) is 2.86. The molecule has 2 aromatic rings. The second kappa shape index (κ2) is 7.41. The lowest BCUT2D eigenvalue weighted by Crippen LogP contribution is -2.41. The molecular formula is C18H22N2O4S. The van der Waals surface area contributed by atoms with E-state index in [1.54, 1.807) is 12.3 Å². The summed E-state index contributed by atoms with van der Waals surface area (Å²) in [6.45, 7) is 2.51. The molecule has 1 amide bonds. The first-order chi connectivity index (χ1) is 11.9. The molecule has 0 spiro atoms. The van der Waals surface area contributed by atoms with E-state index in [9.17, 15) is 13.2 Å². The van der Waals surface area contributed by atoms with Crippen molar-refractivity contribution in [1.82, 2.24) is 4.90 Å². The number of hydrogen-bond donors (Lipinski definition) is 1. The first kappa shape index (κ1) is 17.7. The zero-order valence-corrected chi connectivity index (χ0v) is 15.0. The van der Waals surface area contributed by atoms with Crippen LogP contribution in [0.15, 0.2) is 47.1 Å². The van der Waals surface area contributed by atoms with E-state index in [1.165, 1.54) is 0 Å². The van der Waals surface area contributed by atoms with E-state index in [4.69, 9.17) is 4.42 Å². The van der Waals surface area contributed by atoms with Gasteiger partial charge < -0.3 is 9.73 Å². The maximum Gasteiger partial charge on any atom is 0.238 e.